The third-order valence-corrected chi connectivity index (χ3v) is 4.98. The number of nitrogens with zero attached hydrogens (tertiary/aromatic N) is 2. The molecule has 0 atom stereocenters. The molecule has 0 amide bonds. The molecule has 0 aromatic heterocycles. The van der Waals surface area contributed by atoms with E-state index < -0.39 is 0 Å². The summed E-state index contributed by atoms with van der Waals surface area (Å²) in [5.41, 5.74) is 3.55. The van der Waals surface area contributed by atoms with Crippen molar-refractivity contribution in [3.05, 3.63) is 68.7 Å². The van der Waals surface area contributed by atoms with Crippen LogP contribution in [-0.4, -0.2) is 31.1 Å². The molecule has 0 unspecified atom stereocenters. The lowest BCUT2D eigenvalue weighted by molar-refractivity contribution is -0.914. The number of rotatable bonds is 4. The number of benzene rings is 2. The van der Waals surface area contributed by atoms with Crippen molar-refractivity contribution in [2.45, 2.75) is 13.5 Å². The van der Waals surface area contributed by atoms with Crippen molar-refractivity contribution in [1.29, 1.82) is 0 Å². The smallest absolute Gasteiger partial charge is 0.270 e. The van der Waals surface area contributed by atoms with Crippen LogP contribution in [0.15, 0.2) is 42.5 Å². The van der Waals surface area contributed by atoms with Gasteiger partial charge in [-0.1, -0.05) is 29.8 Å². The van der Waals surface area contributed by atoms with Crippen LogP contribution in [0.5, 0.6) is 0 Å². The van der Waals surface area contributed by atoms with Crippen LogP contribution in [0.25, 0.3) is 0 Å². The number of hydrogen-bond acceptors (Lipinski definition) is 3. The highest BCUT2D eigenvalue weighted by Gasteiger charge is 2.22. The lowest BCUT2D eigenvalue weighted by atomic mass is 10.1. The quantitative estimate of drug-likeness (QED) is 0.683. The van der Waals surface area contributed by atoms with Gasteiger partial charge in [-0.25, -0.2) is 0 Å². The van der Waals surface area contributed by atoms with Crippen LogP contribution < -0.4 is 9.80 Å². The van der Waals surface area contributed by atoms with Crippen molar-refractivity contribution in [1.82, 2.24) is 0 Å². The Morgan fingerprint density at radius 2 is 1.92 bits per heavy atom. The molecule has 1 N–H and O–H groups in total. The first-order valence-electron chi connectivity index (χ1n) is 8.11. The number of nitrogens with one attached hydrogen (secondary N) is 1. The highest BCUT2D eigenvalue weighted by molar-refractivity contribution is 6.31. The Hall–Kier alpha value is -2.11. The SMILES string of the molecule is Cc1ccccc1N1CC[NH+](Cc2cc([N+](=O)[O-])ccc2Cl)CC1. The average molecular weight is 347 g/mol. The van der Waals surface area contributed by atoms with Crippen molar-refractivity contribution in [2.24, 2.45) is 0 Å². The molecule has 126 valence electrons. The maximum atomic E-state index is 10.9. The van der Waals surface area contributed by atoms with Crippen LogP contribution in [-0.2, 0) is 6.54 Å². The monoisotopic (exact) mass is 346 g/mol. The number of piperazine rings is 1. The molecular formula is C18H21ClN3O2+. The summed E-state index contributed by atoms with van der Waals surface area (Å²) in [6.07, 6.45) is 0. The van der Waals surface area contributed by atoms with Gasteiger partial charge in [0.1, 0.15) is 6.54 Å². The van der Waals surface area contributed by atoms with Crippen molar-refractivity contribution in [3.63, 3.8) is 0 Å². The molecule has 0 saturated carbocycles. The zero-order valence-corrected chi connectivity index (χ0v) is 14.4. The molecule has 1 aliphatic rings. The summed E-state index contributed by atoms with van der Waals surface area (Å²) in [6, 6.07) is 13.1. The van der Waals surface area contributed by atoms with E-state index in [1.165, 1.54) is 22.2 Å². The molecule has 0 bridgehead atoms. The molecule has 0 aliphatic carbocycles. The summed E-state index contributed by atoms with van der Waals surface area (Å²) in [6.45, 7) is 6.81. The summed E-state index contributed by atoms with van der Waals surface area (Å²) < 4.78 is 0. The van der Waals surface area contributed by atoms with E-state index in [9.17, 15) is 10.1 Å². The summed E-state index contributed by atoms with van der Waals surface area (Å²) in [4.78, 5) is 14.4. The topological polar surface area (TPSA) is 50.8 Å². The van der Waals surface area contributed by atoms with E-state index in [0.717, 1.165) is 38.3 Å². The Bertz CT molecular complexity index is 743. The maximum absolute atomic E-state index is 10.9. The molecule has 0 radical (unpaired) electrons. The Labute approximate surface area is 146 Å². The minimum atomic E-state index is -0.370. The number of halogens is 1. The van der Waals surface area contributed by atoms with Crippen LogP contribution in [0.2, 0.25) is 5.02 Å². The minimum Gasteiger partial charge on any atom is -0.360 e. The first-order chi connectivity index (χ1) is 11.5. The van der Waals surface area contributed by atoms with Crippen molar-refractivity contribution in [2.75, 3.05) is 31.1 Å². The molecule has 1 aliphatic heterocycles. The van der Waals surface area contributed by atoms with Crippen molar-refractivity contribution in [3.8, 4) is 0 Å². The molecule has 0 spiro atoms. The molecule has 1 fully saturated rings. The minimum absolute atomic E-state index is 0.104. The molecule has 2 aromatic carbocycles. The number of anilines is 1. The van der Waals surface area contributed by atoms with Crippen LogP contribution in [0.4, 0.5) is 11.4 Å². The van der Waals surface area contributed by atoms with Gasteiger partial charge in [0.05, 0.1) is 31.1 Å². The molecule has 6 heteroatoms. The fourth-order valence-electron chi connectivity index (χ4n) is 3.24. The zero-order valence-electron chi connectivity index (χ0n) is 13.7. The second-order valence-corrected chi connectivity index (χ2v) is 6.64. The third-order valence-electron chi connectivity index (χ3n) is 4.61. The van der Waals surface area contributed by atoms with Gasteiger partial charge in [0.15, 0.2) is 0 Å². The predicted molar refractivity (Wildman–Crippen MR) is 95.9 cm³/mol. The number of nitro groups is 1. The van der Waals surface area contributed by atoms with Gasteiger partial charge in [0.25, 0.3) is 5.69 Å². The van der Waals surface area contributed by atoms with E-state index in [4.69, 9.17) is 11.6 Å². The first kappa shape index (κ1) is 16.7. The number of aryl methyl sites for hydroxylation is 1. The van der Waals surface area contributed by atoms with E-state index in [0.29, 0.717) is 5.02 Å². The zero-order chi connectivity index (χ0) is 17.1. The van der Waals surface area contributed by atoms with Gasteiger partial charge in [0.2, 0.25) is 0 Å². The van der Waals surface area contributed by atoms with E-state index in [1.807, 2.05) is 0 Å². The Balaban J connectivity index is 1.65. The molecule has 24 heavy (non-hydrogen) atoms. The predicted octanol–water partition coefficient (Wildman–Crippen LogP) is 2.46. The van der Waals surface area contributed by atoms with Gasteiger partial charge < -0.3 is 9.80 Å². The van der Waals surface area contributed by atoms with Gasteiger partial charge in [-0.3, -0.25) is 10.1 Å². The van der Waals surface area contributed by atoms with Gasteiger partial charge in [-0.15, -0.1) is 0 Å². The van der Waals surface area contributed by atoms with Crippen molar-refractivity contribution >= 4 is 23.0 Å². The maximum Gasteiger partial charge on any atom is 0.270 e. The number of para-hydroxylation sites is 1. The number of quaternary nitrogens is 1. The fraction of sp³-hybridized carbons (Fsp3) is 0.333. The second-order valence-electron chi connectivity index (χ2n) is 6.23. The number of nitro benzene ring substituents is 1. The molecule has 2 aromatic rings. The third kappa shape index (κ3) is 3.68. The normalized spacial score (nSPS) is 15.5. The van der Waals surface area contributed by atoms with E-state index in [1.54, 1.807) is 12.1 Å². The van der Waals surface area contributed by atoms with Gasteiger partial charge >= 0.3 is 0 Å². The Morgan fingerprint density at radius 3 is 2.58 bits per heavy atom. The Morgan fingerprint density at radius 1 is 1.21 bits per heavy atom. The molecule has 5 nitrogen and oxygen atoms in total. The van der Waals surface area contributed by atoms with Crippen molar-refractivity contribution < 1.29 is 9.82 Å². The average Bonchev–Trinajstić information content (AvgIpc) is 2.58. The standard InChI is InChI=1S/C18H20ClN3O2/c1-14-4-2-3-5-18(14)21-10-8-20(9-11-21)13-15-12-16(22(23)24)6-7-17(15)19/h2-7,12H,8-11,13H2,1H3/p+1. The van der Waals surface area contributed by atoms with Crippen LogP contribution in [0, 0.1) is 17.0 Å². The summed E-state index contributed by atoms with van der Waals surface area (Å²) in [7, 11) is 0. The molecular weight excluding hydrogens is 326 g/mol. The van der Waals surface area contributed by atoms with E-state index >= 15 is 0 Å². The second kappa shape index (κ2) is 7.20. The summed E-state index contributed by atoms with van der Waals surface area (Å²) in [5.74, 6) is 0. The molecule has 1 heterocycles. The van der Waals surface area contributed by atoms with Gasteiger partial charge in [0, 0.05) is 28.4 Å². The lowest BCUT2D eigenvalue weighted by Gasteiger charge is -2.34. The van der Waals surface area contributed by atoms with Gasteiger partial charge in [-0.05, 0) is 24.6 Å². The summed E-state index contributed by atoms with van der Waals surface area (Å²) >= 11 is 6.22. The van der Waals surface area contributed by atoms with Crippen LogP contribution in [0.1, 0.15) is 11.1 Å². The Kier molecular flexibility index (Phi) is 5.02. The van der Waals surface area contributed by atoms with Crippen LogP contribution in [0.3, 0.4) is 0 Å². The highest BCUT2D eigenvalue weighted by Crippen LogP contribution is 2.22. The summed E-state index contributed by atoms with van der Waals surface area (Å²) in [5, 5.41) is 11.5. The van der Waals surface area contributed by atoms with E-state index in [2.05, 4.69) is 36.1 Å². The number of hydrogen-bond donors (Lipinski definition) is 1. The van der Waals surface area contributed by atoms with Crippen LogP contribution >= 0.6 is 11.6 Å². The first-order valence-corrected chi connectivity index (χ1v) is 8.49. The fourth-order valence-corrected chi connectivity index (χ4v) is 3.42. The van der Waals surface area contributed by atoms with Gasteiger partial charge in [-0.2, -0.15) is 0 Å². The largest absolute Gasteiger partial charge is 0.360 e. The molecule has 3 rings (SSSR count). The lowest BCUT2D eigenvalue weighted by Crippen LogP contribution is -3.13. The highest BCUT2D eigenvalue weighted by atomic mass is 35.5. The molecule has 1 saturated heterocycles. The number of non-ortho nitro benzene ring substituents is 1. The van der Waals surface area contributed by atoms with E-state index in [-0.39, 0.29) is 10.6 Å².